The highest BCUT2D eigenvalue weighted by Gasteiger charge is 2.27. The average molecular weight is 471 g/mol. The van der Waals surface area contributed by atoms with Crippen LogP contribution in [0.15, 0.2) is 30.3 Å². The summed E-state index contributed by atoms with van der Waals surface area (Å²) in [6, 6.07) is 11.7. The van der Waals surface area contributed by atoms with Crippen LogP contribution in [0.1, 0.15) is 48.1 Å². The van der Waals surface area contributed by atoms with Crippen LogP contribution in [-0.2, 0) is 18.3 Å². The second-order valence-electron chi connectivity index (χ2n) is 8.48. The molecule has 0 aliphatic heterocycles. The number of carboxylic acids is 1. The molecule has 1 aliphatic rings. The minimum atomic E-state index is -0.734. The molecule has 3 aromatic rings. The molecule has 1 aliphatic carbocycles. The Labute approximate surface area is 197 Å². The zero-order valence-electron chi connectivity index (χ0n) is 18.0. The molecule has 0 bridgehead atoms. The van der Waals surface area contributed by atoms with Gasteiger partial charge in [-0.1, -0.05) is 23.2 Å². The van der Waals surface area contributed by atoms with Crippen LogP contribution in [0.4, 0.5) is 0 Å². The lowest BCUT2D eigenvalue weighted by Gasteiger charge is -2.27. The van der Waals surface area contributed by atoms with Crippen molar-refractivity contribution in [2.75, 3.05) is 0 Å². The molecular formula is C25H24Cl2N2O3. The largest absolute Gasteiger partial charge is 0.489 e. The summed E-state index contributed by atoms with van der Waals surface area (Å²) in [7, 11) is 1.97. The Morgan fingerprint density at radius 3 is 2.59 bits per heavy atom. The SMILES string of the molecule is Cc1cc(C#N)cc2c1cc(Cc1c(Cl)ccc(O[C@H]3CC[C@H](C(=O)O)CC3)c1Cl)n2C. The molecule has 0 spiro atoms. The molecule has 166 valence electrons. The molecule has 1 heterocycles. The summed E-state index contributed by atoms with van der Waals surface area (Å²) in [5, 5.41) is 20.6. The number of carbonyl (C=O) groups is 1. The number of carboxylic acid groups (broad SMARTS) is 1. The smallest absolute Gasteiger partial charge is 0.306 e. The molecule has 0 atom stereocenters. The second kappa shape index (κ2) is 9.05. The highest BCUT2D eigenvalue weighted by molar-refractivity contribution is 6.37. The Bertz CT molecular complexity index is 1230. The molecule has 0 unspecified atom stereocenters. The van der Waals surface area contributed by atoms with E-state index in [1.807, 2.05) is 26.1 Å². The predicted octanol–water partition coefficient (Wildman–Crippen LogP) is 6.28. The number of halogens is 2. The summed E-state index contributed by atoms with van der Waals surface area (Å²) in [6.45, 7) is 2.00. The Kier molecular flexibility index (Phi) is 6.37. The molecule has 1 N–H and O–H groups in total. The number of benzene rings is 2. The topological polar surface area (TPSA) is 75.2 Å². The molecule has 1 fully saturated rings. The fraction of sp³-hybridized carbons (Fsp3) is 0.360. The van der Waals surface area contributed by atoms with Gasteiger partial charge < -0.3 is 14.4 Å². The third-order valence-corrected chi connectivity index (χ3v) is 7.19. The van der Waals surface area contributed by atoms with Gasteiger partial charge in [0.25, 0.3) is 0 Å². The zero-order valence-corrected chi connectivity index (χ0v) is 19.5. The number of nitrogens with zero attached hydrogens (tertiary/aromatic N) is 2. The van der Waals surface area contributed by atoms with E-state index in [9.17, 15) is 15.2 Å². The number of aryl methyl sites for hydroxylation is 2. The minimum Gasteiger partial charge on any atom is -0.489 e. The summed E-state index contributed by atoms with van der Waals surface area (Å²) in [5.74, 6) is -0.448. The van der Waals surface area contributed by atoms with E-state index in [1.54, 1.807) is 12.1 Å². The van der Waals surface area contributed by atoms with E-state index in [4.69, 9.17) is 27.9 Å². The van der Waals surface area contributed by atoms with Crippen LogP contribution in [0.5, 0.6) is 5.75 Å². The van der Waals surface area contributed by atoms with E-state index >= 15 is 0 Å². The lowest BCUT2D eigenvalue weighted by molar-refractivity contribution is -0.143. The Morgan fingerprint density at radius 2 is 1.94 bits per heavy atom. The third kappa shape index (κ3) is 4.30. The first kappa shape index (κ1) is 22.5. The molecule has 0 saturated heterocycles. The van der Waals surface area contributed by atoms with Crippen LogP contribution in [0.25, 0.3) is 10.9 Å². The van der Waals surface area contributed by atoms with Gasteiger partial charge in [-0.05, 0) is 74.1 Å². The number of nitriles is 1. The number of aromatic nitrogens is 1. The van der Waals surface area contributed by atoms with Gasteiger partial charge in [0.05, 0.1) is 28.7 Å². The van der Waals surface area contributed by atoms with Crippen LogP contribution in [-0.4, -0.2) is 21.7 Å². The van der Waals surface area contributed by atoms with E-state index in [0.29, 0.717) is 53.5 Å². The summed E-state index contributed by atoms with van der Waals surface area (Å²) in [4.78, 5) is 11.2. The van der Waals surface area contributed by atoms with Gasteiger partial charge in [-0.25, -0.2) is 0 Å². The molecule has 32 heavy (non-hydrogen) atoms. The van der Waals surface area contributed by atoms with Gasteiger partial charge in [0, 0.05) is 35.1 Å². The molecule has 2 aromatic carbocycles. The Balaban J connectivity index is 1.60. The van der Waals surface area contributed by atoms with Crippen molar-refractivity contribution in [2.45, 2.75) is 45.1 Å². The van der Waals surface area contributed by atoms with Crippen LogP contribution >= 0.6 is 23.2 Å². The van der Waals surface area contributed by atoms with E-state index < -0.39 is 5.97 Å². The van der Waals surface area contributed by atoms with Crippen LogP contribution < -0.4 is 4.74 Å². The Hall–Kier alpha value is -2.68. The van der Waals surface area contributed by atoms with Crippen molar-refractivity contribution < 1.29 is 14.6 Å². The van der Waals surface area contributed by atoms with Gasteiger partial charge in [-0.3, -0.25) is 4.79 Å². The van der Waals surface area contributed by atoms with Gasteiger partial charge in [-0.15, -0.1) is 0 Å². The maximum absolute atomic E-state index is 11.2. The van der Waals surface area contributed by atoms with E-state index in [2.05, 4.69) is 16.7 Å². The van der Waals surface area contributed by atoms with Crippen molar-refractivity contribution in [3.63, 3.8) is 0 Å². The Morgan fingerprint density at radius 1 is 1.22 bits per heavy atom. The average Bonchev–Trinajstić information content (AvgIpc) is 3.09. The quantitative estimate of drug-likeness (QED) is 0.475. The molecule has 5 nitrogen and oxygen atoms in total. The number of aliphatic carboxylic acids is 1. The van der Waals surface area contributed by atoms with E-state index in [-0.39, 0.29) is 12.0 Å². The van der Waals surface area contributed by atoms with Crippen molar-refractivity contribution in [1.82, 2.24) is 4.57 Å². The number of ether oxygens (including phenoxy) is 1. The molecular weight excluding hydrogens is 447 g/mol. The number of hydrogen-bond acceptors (Lipinski definition) is 3. The molecule has 0 radical (unpaired) electrons. The van der Waals surface area contributed by atoms with Crippen molar-refractivity contribution in [1.29, 1.82) is 5.26 Å². The van der Waals surface area contributed by atoms with Gasteiger partial charge in [0.2, 0.25) is 0 Å². The van der Waals surface area contributed by atoms with Crippen LogP contribution in [0.3, 0.4) is 0 Å². The first-order chi connectivity index (χ1) is 15.3. The van der Waals surface area contributed by atoms with Crippen molar-refractivity contribution in [3.05, 3.63) is 62.8 Å². The maximum atomic E-state index is 11.2. The molecule has 1 aromatic heterocycles. The summed E-state index contributed by atoms with van der Waals surface area (Å²) in [5.41, 5.74) is 4.49. The van der Waals surface area contributed by atoms with Crippen LogP contribution in [0.2, 0.25) is 10.0 Å². The number of hydrogen-bond donors (Lipinski definition) is 1. The fourth-order valence-electron chi connectivity index (χ4n) is 4.51. The van der Waals surface area contributed by atoms with Gasteiger partial charge in [0.1, 0.15) is 5.75 Å². The van der Waals surface area contributed by atoms with Crippen LogP contribution in [0, 0.1) is 24.2 Å². The third-order valence-electron chi connectivity index (χ3n) is 6.42. The summed E-state index contributed by atoms with van der Waals surface area (Å²) >= 11 is 13.3. The van der Waals surface area contributed by atoms with Gasteiger partial charge >= 0.3 is 5.97 Å². The summed E-state index contributed by atoms with van der Waals surface area (Å²) < 4.78 is 8.23. The molecule has 0 amide bonds. The highest BCUT2D eigenvalue weighted by Crippen LogP contribution is 2.38. The lowest BCUT2D eigenvalue weighted by atomic mass is 9.87. The first-order valence-corrected chi connectivity index (χ1v) is 11.4. The van der Waals surface area contributed by atoms with Gasteiger partial charge in [0.15, 0.2) is 0 Å². The number of fused-ring (bicyclic) bond motifs is 1. The normalized spacial score (nSPS) is 18.5. The summed E-state index contributed by atoms with van der Waals surface area (Å²) in [6.07, 6.45) is 3.06. The predicted molar refractivity (Wildman–Crippen MR) is 126 cm³/mol. The van der Waals surface area contributed by atoms with E-state index in [0.717, 1.165) is 27.7 Å². The molecule has 1 saturated carbocycles. The maximum Gasteiger partial charge on any atom is 0.306 e. The van der Waals surface area contributed by atoms with E-state index in [1.165, 1.54) is 0 Å². The monoisotopic (exact) mass is 470 g/mol. The molecule has 4 rings (SSSR count). The zero-order chi connectivity index (χ0) is 23.0. The minimum absolute atomic E-state index is 0.0539. The second-order valence-corrected chi connectivity index (χ2v) is 9.26. The highest BCUT2D eigenvalue weighted by atomic mass is 35.5. The standard InChI is InChI=1S/C25H24Cl2N2O3/c1-14-9-15(13-28)10-22-19(14)11-17(29(22)2)12-20-21(26)7-8-23(24(20)27)32-18-5-3-16(4-6-18)25(30)31/h7-11,16,18H,3-6,12H2,1-2H3,(H,30,31)/t16-,18-. The van der Waals surface area contributed by atoms with Crippen molar-refractivity contribution >= 4 is 40.1 Å². The molecule has 7 heteroatoms. The van der Waals surface area contributed by atoms with Crippen molar-refractivity contribution in [3.8, 4) is 11.8 Å². The fourth-order valence-corrected chi connectivity index (χ4v) is 5.06. The van der Waals surface area contributed by atoms with Crippen molar-refractivity contribution in [2.24, 2.45) is 13.0 Å². The number of rotatable bonds is 5. The first-order valence-electron chi connectivity index (χ1n) is 10.6. The van der Waals surface area contributed by atoms with Gasteiger partial charge in [-0.2, -0.15) is 5.26 Å². The lowest BCUT2D eigenvalue weighted by Crippen LogP contribution is -2.27.